The summed E-state index contributed by atoms with van der Waals surface area (Å²) in [6.45, 7) is 9.83. The van der Waals surface area contributed by atoms with Gasteiger partial charge in [-0.05, 0) is 57.3 Å². The van der Waals surface area contributed by atoms with Crippen molar-refractivity contribution >= 4 is 17.5 Å². The number of hydrogen-bond donors (Lipinski definition) is 1. The lowest BCUT2D eigenvalue weighted by Crippen LogP contribution is -2.36. The summed E-state index contributed by atoms with van der Waals surface area (Å²) < 4.78 is 0. The van der Waals surface area contributed by atoms with Gasteiger partial charge >= 0.3 is 0 Å². The molecule has 1 aliphatic carbocycles. The molecule has 2 amide bonds. The molecule has 1 atom stereocenters. The molecule has 2 fully saturated rings. The number of amides is 2. The third-order valence-electron chi connectivity index (χ3n) is 6.23. The van der Waals surface area contributed by atoms with E-state index in [1.165, 1.54) is 0 Å². The highest BCUT2D eigenvalue weighted by atomic mass is 16.2. The number of rotatable bonds is 9. The molecule has 1 aliphatic heterocycles. The van der Waals surface area contributed by atoms with Crippen LogP contribution in [0.1, 0.15) is 78.6 Å². The first-order chi connectivity index (χ1) is 14.0. The maximum Gasteiger partial charge on any atom is 0.270 e. The first kappa shape index (κ1) is 23.4. The van der Waals surface area contributed by atoms with Crippen molar-refractivity contribution < 1.29 is 9.59 Å². The number of nitrogens with zero attached hydrogens (tertiary/aromatic N) is 3. The molecule has 0 radical (unpaired) electrons. The molecule has 29 heavy (non-hydrogen) atoms. The van der Waals surface area contributed by atoms with Crippen LogP contribution < -0.4 is 5.73 Å². The lowest BCUT2D eigenvalue weighted by molar-refractivity contribution is -0.130. The maximum absolute atomic E-state index is 12.8. The molecule has 0 aromatic heterocycles. The predicted octanol–water partition coefficient (Wildman–Crippen LogP) is 3.51. The first-order valence-electron chi connectivity index (χ1n) is 11.6. The summed E-state index contributed by atoms with van der Waals surface area (Å²) in [5.74, 6) is 0.648. The Balaban J connectivity index is 2.07. The fourth-order valence-corrected chi connectivity index (χ4v) is 4.05. The van der Waals surface area contributed by atoms with Crippen molar-refractivity contribution in [3.63, 3.8) is 0 Å². The normalized spacial score (nSPS) is 21.3. The molecule has 1 heterocycles. The summed E-state index contributed by atoms with van der Waals surface area (Å²) in [5.41, 5.74) is 8.38. The van der Waals surface area contributed by atoms with Crippen LogP contribution in [-0.4, -0.2) is 60.0 Å². The van der Waals surface area contributed by atoms with Gasteiger partial charge in [0, 0.05) is 37.5 Å². The van der Waals surface area contributed by atoms with Gasteiger partial charge in [0.05, 0.1) is 0 Å². The van der Waals surface area contributed by atoms with E-state index in [-0.39, 0.29) is 18.4 Å². The van der Waals surface area contributed by atoms with Gasteiger partial charge in [-0.2, -0.15) is 0 Å². The summed E-state index contributed by atoms with van der Waals surface area (Å²) in [7, 11) is 0. The molecule has 1 saturated carbocycles. The van der Waals surface area contributed by atoms with Crippen molar-refractivity contribution in [2.24, 2.45) is 16.6 Å². The number of nitrogens with two attached hydrogens (primary N) is 1. The SMILES string of the molecule is CCCN(CCC(C)CC)C(=O)CN=C1CCCC/C1=C(/N)C(=O)N1CCCC1. The zero-order valence-electron chi connectivity index (χ0n) is 18.7. The summed E-state index contributed by atoms with van der Waals surface area (Å²) in [6, 6.07) is 0. The lowest BCUT2D eigenvalue weighted by atomic mass is 9.91. The Kier molecular flexibility index (Phi) is 9.68. The topological polar surface area (TPSA) is 79.0 Å². The van der Waals surface area contributed by atoms with Gasteiger partial charge in [0.25, 0.3) is 5.91 Å². The van der Waals surface area contributed by atoms with E-state index in [1.54, 1.807) is 0 Å². The molecule has 6 nitrogen and oxygen atoms in total. The van der Waals surface area contributed by atoms with E-state index < -0.39 is 0 Å². The van der Waals surface area contributed by atoms with Crippen LogP contribution in [0.25, 0.3) is 0 Å². The van der Waals surface area contributed by atoms with Crippen LogP contribution in [0.5, 0.6) is 0 Å². The molecular formula is C23H40N4O2. The van der Waals surface area contributed by atoms with Crippen LogP contribution in [0.4, 0.5) is 0 Å². The molecule has 2 aliphatic rings. The molecule has 1 saturated heterocycles. The average molecular weight is 405 g/mol. The zero-order valence-corrected chi connectivity index (χ0v) is 18.7. The van der Waals surface area contributed by atoms with Gasteiger partial charge in [-0.15, -0.1) is 0 Å². The van der Waals surface area contributed by atoms with E-state index in [2.05, 4.69) is 25.8 Å². The van der Waals surface area contributed by atoms with Crippen molar-refractivity contribution in [1.82, 2.24) is 9.80 Å². The van der Waals surface area contributed by atoms with E-state index in [0.717, 1.165) is 95.3 Å². The van der Waals surface area contributed by atoms with E-state index >= 15 is 0 Å². The van der Waals surface area contributed by atoms with Gasteiger partial charge < -0.3 is 15.5 Å². The predicted molar refractivity (Wildman–Crippen MR) is 119 cm³/mol. The van der Waals surface area contributed by atoms with E-state index in [0.29, 0.717) is 11.6 Å². The maximum atomic E-state index is 12.8. The Bertz CT molecular complexity index is 620. The van der Waals surface area contributed by atoms with Crippen LogP contribution in [0.2, 0.25) is 0 Å². The Morgan fingerprint density at radius 3 is 2.45 bits per heavy atom. The van der Waals surface area contributed by atoms with E-state index in [1.807, 2.05) is 9.80 Å². The monoisotopic (exact) mass is 404 g/mol. The summed E-state index contributed by atoms with van der Waals surface area (Å²) in [4.78, 5) is 34.0. The molecule has 6 heteroatoms. The number of carbonyl (C=O) groups is 2. The van der Waals surface area contributed by atoms with Crippen LogP contribution in [0.3, 0.4) is 0 Å². The lowest BCUT2D eigenvalue weighted by Gasteiger charge is -2.24. The van der Waals surface area contributed by atoms with Gasteiger partial charge in [-0.25, -0.2) is 0 Å². The molecule has 0 bridgehead atoms. The summed E-state index contributed by atoms with van der Waals surface area (Å²) >= 11 is 0. The first-order valence-corrected chi connectivity index (χ1v) is 11.6. The molecule has 1 unspecified atom stereocenters. The Morgan fingerprint density at radius 2 is 1.79 bits per heavy atom. The molecule has 2 N–H and O–H groups in total. The van der Waals surface area contributed by atoms with Crippen LogP contribution in [-0.2, 0) is 9.59 Å². The summed E-state index contributed by atoms with van der Waals surface area (Å²) in [5, 5.41) is 0. The Morgan fingerprint density at radius 1 is 1.10 bits per heavy atom. The van der Waals surface area contributed by atoms with Crippen molar-refractivity contribution in [2.45, 2.75) is 78.6 Å². The van der Waals surface area contributed by atoms with Gasteiger partial charge in [0.15, 0.2) is 0 Å². The fourth-order valence-electron chi connectivity index (χ4n) is 4.05. The molecule has 0 aromatic rings. The quantitative estimate of drug-likeness (QED) is 0.597. The van der Waals surface area contributed by atoms with Crippen LogP contribution >= 0.6 is 0 Å². The third kappa shape index (κ3) is 6.86. The van der Waals surface area contributed by atoms with Crippen molar-refractivity contribution in [2.75, 3.05) is 32.7 Å². The number of aliphatic imine (C=N–C) groups is 1. The van der Waals surface area contributed by atoms with Gasteiger partial charge in [0.1, 0.15) is 12.2 Å². The largest absolute Gasteiger partial charge is 0.394 e. The Hall–Kier alpha value is -1.85. The standard InChI is InChI=1S/C23H40N4O2/c1-4-13-26(16-12-18(3)5-2)21(28)17-25-20-11-7-6-10-19(20)22(24)23(29)27-14-8-9-15-27/h18H,4-17,24H2,1-3H3/b22-19-,25-20?. The van der Waals surface area contributed by atoms with Crippen LogP contribution in [0, 0.1) is 5.92 Å². The minimum Gasteiger partial charge on any atom is -0.394 e. The number of carbonyl (C=O) groups excluding carboxylic acids is 2. The molecule has 0 spiro atoms. The highest BCUT2D eigenvalue weighted by Gasteiger charge is 2.25. The number of likely N-dealkylation sites (tertiary alicyclic amines) is 1. The minimum absolute atomic E-state index is 0.0559. The second-order valence-electron chi connectivity index (χ2n) is 8.54. The van der Waals surface area contributed by atoms with E-state index in [4.69, 9.17) is 5.73 Å². The molecule has 0 aromatic carbocycles. The zero-order chi connectivity index (χ0) is 21.2. The third-order valence-corrected chi connectivity index (χ3v) is 6.23. The molecule has 164 valence electrons. The van der Waals surface area contributed by atoms with Crippen molar-refractivity contribution in [3.8, 4) is 0 Å². The Labute approximate surface area is 176 Å². The van der Waals surface area contributed by atoms with Gasteiger partial charge in [-0.1, -0.05) is 27.2 Å². The second-order valence-corrected chi connectivity index (χ2v) is 8.54. The minimum atomic E-state index is -0.0559. The molecular weight excluding hydrogens is 364 g/mol. The van der Waals surface area contributed by atoms with Gasteiger partial charge in [-0.3, -0.25) is 14.6 Å². The van der Waals surface area contributed by atoms with Gasteiger partial charge in [0.2, 0.25) is 5.91 Å². The van der Waals surface area contributed by atoms with E-state index in [9.17, 15) is 9.59 Å². The highest BCUT2D eigenvalue weighted by molar-refractivity contribution is 6.08. The van der Waals surface area contributed by atoms with Crippen molar-refractivity contribution in [1.29, 1.82) is 0 Å². The highest BCUT2D eigenvalue weighted by Crippen LogP contribution is 2.24. The smallest absolute Gasteiger partial charge is 0.270 e. The fraction of sp³-hybridized carbons (Fsp3) is 0.783. The van der Waals surface area contributed by atoms with Crippen LogP contribution in [0.15, 0.2) is 16.3 Å². The number of allylic oxidation sites excluding steroid dienone is 1. The van der Waals surface area contributed by atoms with Crippen molar-refractivity contribution in [3.05, 3.63) is 11.3 Å². The summed E-state index contributed by atoms with van der Waals surface area (Å²) in [6.07, 6.45) is 8.85. The molecule has 2 rings (SSSR count). The number of hydrogen-bond acceptors (Lipinski definition) is 4. The second kappa shape index (κ2) is 12.0. The average Bonchev–Trinajstić information content (AvgIpc) is 3.28.